The van der Waals surface area contributed by atoms with E-state index in [1.54, 1.807) is 0 Å². The summed E-state index contributed by atoms with van der Waals surface area (Å²) in [7, 11) is 0. The first kappa shape index (κ1) is 17.1. The number of amides is 2. The Morgan fingerprint density at radius 2 is 1.65 bits per heavy atom. The number of nitrogens with one attached hydrogen (secondary N) is 1. The standard InChI is InChI=1S/C21H26N2O3/c24-20(15-9-3-4-10-15)22-18-16-11-5-6-12-17(16)26-19(18)21(25)23-13-7-1-2-8-14-23/h5-6,11-12,15H,1-4,7-10,13-14H2,(H,22,24). The van der Waals surface area contributed by atoms with E-state index in [0.717, 1.165) is 69.8 Å². The van der Waals surface area contributed by atoms with Crippen LogP contribution in [0.1, 0.15) is 61.9 Å². The normalized spacial score (nSPS) is 18.8. The first-order chi connectivity index (χ1) is 12.7. The molecule has 138 valence electrons. The minimum absolute atomic E-state index is 0.0129. The Hall–Kier alpha value is -2.30. The van der Waals surface area contributed by atoms with Crippen molar-refractivity contribution in [2.75, 3.05) is 18.4 Å². The molecule has 0 radical (unpaired) electrons. The molecule has 5 heteroatoms. The smallest absolute Gasteiger partial charge is 0.291 e. The number of furan rings is 1. The van der Waals surface area contributed by atoms with Gasteiger partial charge < -0.3 is 14.6 Å². The lowest BCUT2D eigenvalue weighted by Crippen LogP contribution is -2.32. The average Bonchev–Trinajstić information content (AvgIpc) is 3.23. The Labute approximate surface area is 153 Å². The van der Waals surface area contributed by atoms with Crippen molar-refractivity contribution in [2.24, 2.45) is 5.92 Å². The molecular formula is C21H26N2O3. The number of hydrogen-bond acceptors (Lipinski definition) is 3. The lowest BCUT2D eigenvalue weighted by Gasteiger charge is -2.19. The van der Waals surface area contributed by atoms with E-state index in [1.807, 2.05) is 29.2 Å². The van der Waals surface area contributed by atoms with Crippen LogP contribution in [0, 0.1) is 5.92 Å². The molecule has 4 rings (SSSR count). The lowest BCUT2D eigenvalue weighted by molar-refractivity contribution is -0.119. The molecule has 2 aromatic rings. The molecular weight excluding hydrogens is 328 g/mol. The lowest BCUT2D eigenvalue weighted by atomic mass is 10.1. The Balaban J connectivity index is 1.66. The molecule has 5 nitrogen and oxygen atoms in total. The summed E-state index contributed by atoms with van der Waals surface area (Å²) >= 11 is 0. The minimum atomic E-state index is -0.107. The van der Waals surface area contributed by atoms with E-state index in [0.29, 0.717) is 11.3 Å². The van der Waals surface area contributed by atoms with Gasteiger partial charge in [0.1, 0.15) is 11.3 Å². The Kier molecular flexibility index (Phi) is 4.96. The van der Waals surface area contributed by atoms with Crippen LogP contribution in [-0.4, -0.2) is 29.8 Å². The van der Waals surface area contributed by atoms with Gasteiger partial charge in [-0.1, -0.05) is 37.8 Å². The molecule has 2 amide bonds. The first-order valence-corrected chi connectivity index (χ1v) is 9.86. The Morgan fingerprint density at radius 3 is 2.38 bits per heavy atom. The second-order valence-corrected chi connectivity index (χ2v) is 7.48. The number of hydrogen-bond donors (Lipinski definition) is 1. The van der Waals surface area contributed by atoms with Gasteiger partial charge in [0.25, 0.3) is 5.91 Å². The molecule has 0 unspecified atom stereocenters. The number of likely N-dealkylation sites (tertiary alicyclic amines) is 1. The number of carbonyl (C=O) groups is 2. The average molecular weight is 354 g/mol. The van der Waals surface area contributed by atoms with Crippen LogP contribution in [0.4, 0.5) is 5.69 Å². The number of anilines is 1. The molecule has 1 saturated heterocycles. The van der Waals surface area contributed by atoms with Gasteiger partial charge in [-0.25, -0.2) is 0 Å². The highest BCUT2D eigenvalue weighted by atomic mass is 16.3. The van der Waals surface area contributed by atoms with Gasteiger partial charge in [0.2, 0.25) is 11.7 Å². The highest BCUT2D eigenvalue weighted by Crippen LogP contribution is 2.34. The molecule has 0 bridgehead atoms. The van der Waals surface area contributed by atoms with Crippen LogP contribution >= 0.6 is 0 Å². The second kappa shape index (κ2) is 7.52. The molecule has 1 N–H and O–H groups in total. The van der Waals surface area contributed by atoms with Crippen molar-refractivity contribution < 1.29 is 14.0 Å². The topological polar surface area (TPSA) is 62.6 Å². The SMILES string of the molecule is O=C(Nc1c(C(=O)N2CCCCCC2)oc2ccccc12)C1CCCC1. The zero-order valence-corrected chi connectivity index (χ0v) is 15.1. The quantitative estimate of drug-likeness (QED) is 0.878. The maximum atomic E-state index is 13.1. The molecule has 0 atom stereocenters. The van der Waals surface area contributed by atoms with E-state index in [1.165, 1.54) is 0 Å². The van der Waals surface area contributed by atoms with Gasteiger partial charge in [-0.3, -0.25) is 9.59 Å². The summed E-state index contributed by atoms with van der Waals surface area (Å²) in [6, 6.07) is 7.54. The Morgan fingerprint density at radius 1 is 0.962 bits per heavy atom. The molecule has 1 aliphatic heterocycles. The van der Waals surface area contributed by atoms with Crippen molar-refractivity contribution in [3.63, 3.8) is 0 Å². The van der Waals surface area contributed by atoms with E-state index in [9.17, 15) is 9.59 Å². The highest BCUT2D eigenvalue weighted by Gasteiger charge is 2.29. The predicted molar refractivity (Wildman–Crippen MR) is 101 cm³/mol. The molecule has 26 heavy (non-hydrogen) atoms. The summed E-state index contributed by atoms with van der Waals surface area (Å²) in [5.41, 5.74) is 1.19. The van der Waals surface area contributed by atoms with Crippen molar-refractivity contribution in [2.45, 2.75) is 51.4 Å². The van der Waals surface area contributed by atoms with E-state index in [4.69, 9.17) is 4.42 Å². The van der Waals surface area contributed by atoms with Gasteiger partial charge in [0.15, 0.2) is 0 Å². The Bertz CT molecular complexity index is 797. The molecule has 1 saturated carbocycles. The molecule has 1 aliphatic carbocycles. The van der Waals surface area contributed by atoms with Crippen LogP contribution in [0.2, 0.25) is 0 Å². The van der Waals surface area contributed by atoms with Crippen LogP contribution in [-0.2, 0) is 4.79 Å². The molecule has 1 aromatic heterocycles. The van der Waals surface area contributed by atoms with Gasteiger partial charge in [-0.15, -0.1) is 0 Å². The summed E-state index contributed by atoms with van der Waals surface area (Å²) in [4.78, 5) is 27.7. The van der Waals surface area contributed by atoms with Gasteiger partial charge in [-0.05, 0) is 37.8 Å². The van der Waals surface area contributed by atoms with Crippen LogP contribution in [0.25, 0.3) is 11.0 Å². The fraction of sp³-hybridized carbons (Fsp3) is 0.524. The van der Waals surface area contributed by atoms with Crippen LogP contribution in [0.5, 0.6) is 0 Å². The van der Waals surface area contributed by atoms with Crippen molar-refractivity contribution in [1.29, 1.82) is 0 Å². The fourth-order valence-electron chi connectivity index (χ4n) is 4.15. The third-order valence-corrected chi connectivity index (χ3v) is 5.66. The third kappa shape index (κ3) is 3.35. The van der Waals surface area contributed by atoms with E-state index in [2.05, 4.69) is 5.32 Å². The molecule has 2 heterocycles. The van der Waals surface area contributed by atoms with E-state index < -0.39 is 0 Å². The van der Waals surface area contributed by atoms with Gasteiger partial charge >= 0.3 is 0 Å². The van der Waals surface area contributed by atoms with Crippen LogP contribution in [0.3, 0.4) is 0 Å². The molecule has 2 fully saturated rings. The number of benzene rings is 1. The molecule has 2 aliphatic rings. The third-order valence-electron chi connectivity index (χ3n) is 5.66. The monoisotopic (exact) mass is 354 g/mol. The van der Waals surface area contributed by atoms with Gasteiger partial charge in [-0.2, -0.15) is 0 Å². The summed E-state index contributed by atoms with van der Waals surface area (Å²) in [5.74, 6) is 0.230. The summed E-state index contributed by atoms with van der Waals surface area (Å²) < 4.78 is 5.91. The van der Waals surface area contributed by atoms with Crippen LogP contribution < -0.4 is 5.32 Å². The number of fused-ring (bicyclic) bond motifs is 1. The second-order valence-electron chi connectivity index (χ2n) is 7.48. The van der Waals surface area contributed by atoms with Crippen molar-refractivity contribution >= 4 is 28.5 Å². The van der Waals surface area contributed by atoms with Crippen molar-refractivity contribution in [1.82, 2.24) is 4.90 Å². The molecule has 0 spiro atoms. The van der Waals surface area contributed by atoms with Crippen molar-refractivity contribution in [3.05, 3.63) is 30.0 Å². The van der Waals surface area contributed by atoms with Crippen LogP contribution in [0.15, 0.2) is 28.7 Å². The maximum Gasteiger partial charge on any atom is 0.291 e. The summed E-state index contributed by atoms with van der Waals surface area (Å²) in [6.07, 6.45) is 8.43. The predicted octanol–water partition coefficient (Wildman–Crippen LogP) is 4.58. The summed E-state index contributed by atoms with van der Waals surface area (Å²) in [6.45, 7) is 1.51. The van der Waals surface area contributed by atoms with Gasteiger partial charge in [0.05, 0.1) is 0 Å². The van der Waals surface area contributed by atoms with E-state index >= 15 is 0 Å². The number of rotatable bonds is 3. The minimum Gasteiger partial charge on any atom is -0.449 e. The maximum absolute atomic E-state index is 13.1. The zero-order valence-electron chi connectivity index (χ0n) is 15.1. The first-order valence-electron chi connectivity index (χ1n) is 9.86. The largest absolute Gasteiger partial charge is 0.449 e. The highest BCUT2D eigenvalue weighted by molar-refractivity contribution is 6.11. The number of carbonyl (C=O) groups excluding carboxylic acids is 2. The fourth-order valence-corrected chi connectivity index (χ4v) is 4.15. The van der Waals surface area contributed by atoms with Gasteiger partial charge in [0, 0.05) is 24.4 Å². The number of nitrogens with zero attached hydrogens (tertiary/aromatic N) is 1. The summed E-state index contributed by atoms with van der Waals surface area (Å²) in [5, 5.41) is 3.83. The number of para-hydroxylation sites is 1. The van der Waals surface area contributed by atoms with E-state index in [-0.39, 0.29) is 23.5 Å². The zero-order chi connectivity index (χ0) is 17.9. The van der Waals surface area contributed by atoms with Crippen molar-refractivity contribution in [3.8, 4) is 0 Å². The molecule has 1 aromatic carbocycles.